The highest BCUT2D eigenvalue weighted by atomic mass is 15.2. The predicted molar refractivity (Wildman–Crippen MR) is 71.5 cm³/mol. The lowest BCUT2D eigenvalue weighted by molar-refractivity contribution is 0.112. The van der Waals surface area contributed by atoms with Gasteiger partial charge < -0.3 is 10.6 Å². The van der Waals surface area contributed by atoms with E-state index in [0.717, 1.165) is 5.92 Å². The minimum atomic E-state index is 0.346. The van der Waals surface area contributed by atoms with E-state index >= 15 is 0 Å². The maximum atomic E-state index is 6.27. The molecule has 1 aliphatic rings. The molecule has 0 spiro atoms. The molecule has 96 valence electrons. The van der Waals surface area contributed by atoms with Crippen LogP contribution in [0.2, 0.25) is 0 Å². The van der Waals surface area contributed by atoms with Crippen LogP contribution in [0.1, 0.15) is 53.9 Å². The summed E-state index contributed by atoms with van der Waals surface area (Å²) in [6.07, 6.45) is 3.82. The van der Waals surface area contributed by atoms with Gasteiger partial charge in [0.1, 0.15) is 0 Å². The smallest absolute Gasteiger partial charge is 0.0105 e. The highest BCUT2D eigenvalue weighted by molar-refractivity contribution is 4.94. The third kappa shape index (κ3) is 3.46. The Balaban J connectivity index is 2.60. The zero-order valence-electron chi connectivity index (χ0n) is 11.8. The van der Waals surface area contributed by atoms with Crippen LogP contribution in [0.4, 0.5) is 0 Å². The maximum absolute atomic E-state index is 6.27. The first-order valence-corrected chi connectivity index (χ1v) is 6.85. The normalized spacial score (nSPS) is 30.9. The largest absolute Gasteiger partial charge is 0.327 e. The second kappa shape index (κ2) is 5.50. The monoisotopic (exact) mass is 226 g/mol. The van der Waals surface area contributed by atoms with E-state index in [1.54, 1.807) is 0 Å². The molecule has 2 N–H and O–H groups in total. The van der Waals surface area contributed by atoms with Gasteiger partial charge in [-0.25, -0.2) is 0 Å². The molecular formula is C14H30N2. The molecule has 0 amide bonds. The molecule has 0 radical (unpaired) electrons. The zero-order chi connectivity index (χ0) is 12.3. The second-order valence-corrected chi connectivity index (χ2v) is 6.57. The third-order valence-corrected chi connectivity index (χ3v) is 4.05. The number of nitrogens with zero attached hydrogens (tertiary/aromatic N) is 1. The molecule has 0 heterocycles. The van der Waals surface area contributed by atoms with E-state index in [4.69, 9.17) is 5.73 Å². The van der Waals surface area contributed by atoms with Crippen molar-refractivity contribution in [2.24, 2.45) is 17.1 Å². The summed E-state index contributed by atoms with van der Waals surface area (Å²) in [5.74, 6) is 0.739. The lowest BCUT2D eigenvalue weighted by atomic mass is 9.84. The number of nitrogens with two attached hydrogens (primary N) is 1. The molecule has 1 saturated carbocycles. The zero-order valence-corrected chi connectivity index (χ0v) is 11.8. The fraction of sp³-hybridized carbons (Fsp3) is 1.00. The van der Waals surface area contributed by atoms with E-state index < -0.39 is 0 Å². The minimum Gasteiger partial charge on any atom is -0.327 e. The molecule has 1 aliphatic carbocycles. The summed E-state index contributed by atoms with van der Waals surface area (Å²) in [5, 5.41) is 0. The van der Waals surface area contributed by atoms with E-state index in [0.29, 0.717) is 17.5 Å². The van der Waals surface area contributed by atoms with Crippen molar-refractivity contribution in [2.75, 3.05) is 13.1 Å². The van der Waals surface area contributed by atoms with Crippen LogP contribution in [-0.4, -0.2) is 30.1 Å². The van der Waals surface area contributed by atoms with Crippen LogP contribution in [0.25, 0.3) is 0 Å². The molecule has 2 unspecified atom stereocenters. The standard InChI is InChI=1S/C14H30N2/c1-11(2)9-16(12(3)4)10-14(5)8-6-7-13(14)15/h11-13H,6-10,15H2,1-5H3. The number of hydrogen-bond acceptors (Lipinski definition) is 2. The Labute approximate surface area is 102 Å². The maximum Gasteiger partial charge on any atom is 0.0105 e. The molecule has 0 bridgehead atoms. The van der Waals surface area contributed by atoms with Crippen molar-refractivity contribution in [1.29, 1.82) is 0 Å². The van der Waals surface area contributed by atoms with E-state index in [-0.39, 0.29) is 0 Å². The predicted octanol–water partition coefficient (Wildman–Crippen LogP) is 2.87. The van der Waals surface area contributed by atoms with Crippen molar-refractivity contribution in [3.8, 4) is 0 Å². The fourth-order valence-electron chi connectivity index (χ4n) is 2.85. The summed E-state index contributed by atoms with van der Waals surface area (Å²) in [5.41, 5.74) is 6.61. The highest BCUT2D eigenvalue weighted by Crippen LogP contribution is 2.37. The highest BCUT2D eigenvalue weighted by Gasteiger charge is 2.38. The first-order chi connectivity index (χ1) is 7.35. The van der Waals surface area contributed by atoms with Gasteiger partial charge in [0.2, 0.25) is 0 Å². The van der Waals surface area contributed by atoms with E-state index in [1.807, 2.05) is 0 Å². The van der Waals surface area contributed by atoms with Crippen molar-refractivity contribution < 1.29 is 0 Å². The number of hydrogen-bond donors (Lipinski definition) is 1. The molecule has 1 rings (SSSR count). The van der Waals surface area contributed by atoms with Crippen LogP contribution in [0.15, 0.2) is 0 Å². The van der Waals surface area contributed by atoms with Gasteiger partial charge >= 0.3 is 0 Å². The molecule has 0 saturated heterocycles. The minimum absolute atomic E-state index is 0.346. The molecule has 2 nitrogen and oxygen atoms in total. The van der Waals surface area contributed by atoms with Gasteiger partial charge in [-0.1, -0.05) is 27.2 Å². The van der Waals surface area contributed by atoms with Gasteiger partial charge in [0.15, 0.2) is 0 Å². The van der Waals surface area contributed by atoms with Gasteiger partial charge in [-0.05, 0) is 38.0 Å². The van der Waals surface area contributed by atoms with Crippen molar-refractivity contribution in [2.45, 2.75) is 66.0 Å². The summed E-state index contributed by atoms with van der Waals surface area (Å²) in [4.78, 5) is 2.61. The third-order valence-electron chi connectivity index (χ3n) is 4.05. The Kier molecular flexibility index (Phi) is 4.81. The van der Waals surface area contributed by atoms with E-state index in [9.17, 15) is 0 Å². The molecule has 0 aromatic heterocycles. The summed E-state index contributed by atoms with van der Waals surface area (Å²) in [7, 11) is 0. The summed E-state index contributed by atoms with van der Waals surface area (Å²) in [6.45, 7) is 13.9. The molecule has 2 atom stereocenters. The van der Waals surface area contributed by atoms with Crippen molar-refractivity contribution in [3.63, 3.8) is 0 Å². The van der Waals surface area contributed by atoms with Gasteiger partial charge in [-0.15, -0.1) is 0 Å². The lowest BCUT2D eigenvalue weighted by Gasteiger charge is -2.38. The van der Waals surface area contributed by atoms with Gasteiger partial charge in [-0.2, -0.15) is 0 Å². The average Bonchev–Trinajstić information content (AvgIpc) is 2.45. The quantitative estimate of drug-likeness (QED) is 0.781. The van der Waals surface area contributed by atoms with E-state index in [1.165, 1.54) is 32.4 Å². The lowest BCUT2D eigenvalue weighted by Crippen LogP contribution is -2.47. The summed E-state index contributed by atoms with van der Waals surface area (Å²) in [6, 6.07) is 1.04. The number of rotatable bonds is 5. The van der Waals surface area contributed by atoms with Crippen molar-refractivity contribution in [3.05, 3.63) is 0 Å². The second-order valence-electron chi connectivity index (χ2n) is 6.57. The SMILES string of the molecule is CC(C)CN(CC1(C)CCCC1N)C(C)C. The van der Waals surface area contributed by atoms with Crippen LogP contribution in [0.5, 0.6) is 0 Å². The van der Waals surface area contributed by atoms with Crippen LogP contribution in [0, 0.1) is 11.3 Å². The molecule has 0 aromatic carbocycles. The Bertz CT molecular complexity index is 213. The molecular weight excluding hydrogens is 196 g/mol. The Hall–Kier alpha value is -0.0800. The molecule has 16 heavy (non-hydrogen) atoms. The molecule has 0 aromatic rings. The topological polar surface area (TPSA) is 29.3 Å². The van der Waals surface area contributed by atoms with Crippen LogP contribution in [0.3, 0.4) is 0 Å². The van der Waals surface area contributed by atoms with Crippen molar-refractivity contribution >= 4 is 0 Å². The molecule has 2 heteroatoms. The van der Waals surface area contributed by atoms with Crippen LogP contribution in [-0.2, 0) is 0 Å². The van der Waals surface area contributed by atoms with Gasteiger partial charge in [-0.3, -0.25) is 0 Å². The van der Waals surface area contributed by atoms with Crippen molar-refractivity contribution in [1.82, 2.24) is 4.90 Å². The Morgan fingerprint density at radius 3 is 2.31 bits per heavy atom. The van der Waals surface area contributed by atoms with Gasteiger partial charge in [0.05, 0.1) is 0 Å². The summed E-state index contributed by atoms with van der Waals surface area (Å²) < 4.78 is 0. The van der Waals surface area contributed by atoms with Crippen LogP contribution < -0.4 is 5.73 Å². The Morgan fingerprint density at radius 1 is 1.31 bits per heavy atom. The first kappa shape index (κ1) is 14.0. The average molecular weight is 226 g/mol. The Morgan fingerprint density at radius 2 is 1.94 bits per heavy atom. The fourth-order valence-corrected chi connectivity index (χ4v) is 2.85. The van der Waals surface area contributed by atoms with E-state index in [2.05, 4.69) is 39.5 Å². The molecule has 0 aliphatic heterocycles. The van der Waals surface area contributed by atoms with Gasteiger partial charge in [0, 0.05) is 25.2 Å². The summed E-state index contributed by atoms with van der Waals surface area (Å²) >= 11 is 0. The first-order valence-electron chi connectivity index (χ1n) is 6.85. The van der Waals surface area contributed by atoms with Gasteiger partial charge in [0.25, 0.3) is 0 Å². The molecule has 1 fully saturated rings. The van der Waals surface area contributed by atoms with Crippen LogP contribution >= 0.6 is 0 Å².